The molecule has 0 atom stereocenters. The number of ketones is 1. The predicted octanol–water partition coefficient (Wildman–Crippen LogP) is 3.66. The molecule has 0 unspecified atom stereocenters. The second kappa shape index (κ2) is 9.87. The van der Waals surface area contributed by atoms with E-state index in [0.717, 1.165) is 5.56 Å². The highest BCUT2D eigenvalue weighted by Crippen LogP contribution is 2.24. The first kappa shape index (κ1) is 22.1. The highest BCUT2D eigenvalue weighted by molar-refractivity contribution is 6.05. The summed E-state index contributed by atoms with van der Waals surface area (Å²) in [5, 5.41) is 0. The molecule has 0 N–H and O–H groups in total. The van der Waals surface area contributed by atoms with E-state index in [0.29, 0.717) is 35.6 Å². The summed E-state index contributed by atoms with van der Waals surface area (Å²) in [6, 6.07) is 9.51. The van der Waals surface area contributed by atoms with Gasteiger partial charge in [0, 0.05) is 30.4 Å². The average molecular weight is 396 g/mol. The molecule has 0 saturated heterocycles. The Bertz CT molecular complexity index is 926. The molecule has 6 heteroatoms. The molecule has 29 heavy (non-hydrogen) atoms. The van der Waals surface area contributed by atoms with Crippen LogP contribution < -0.4 is 0 Å². The molecule has 2 rings (SSSR count). The molecule has 0 aliphatic rings. The van der Waals surface area contributed by atoms with E-state index in [1.807, 2.05) is 51.1 Å². The van der Waals surface area contributed by atoms with E-state index in [1.165, 1.54) is 18.1 Å². The van der Waals surface area contributed by atoms with Crippen LogP contribution in [0.5, 0.6) is 0 Å². The molecule has 0 bridgehead atoms. The topological polar surface area (TPSA) is 68.6 Å². The number of methoxy groups -OCH3 is 1. The average Bonchev–Trinajstić information content (AvgIpc) is 2.99. The van der Waals surface area contributed by atoms with E-state index in [-0.39, 0.29) is 18.2 Å². The van der Waals surface area contributed by atoms with Crippen molar-refractivity contribution < 1.29 is 19.1 Å². The molecule has 2 aromatic rings. The molecule has 1 amide bonds. The standard InChI is InChI=1S/C23H28N2O4/c1-6-24(20(27)14-13-18-11-9-8-10-12-18)15-19(26)21-16(3)22(23(28)29-5)25(7-2)17(21)4/h8-14H,6-7,15H2,1-5H3/b14-13+. The van der Waals surface area contributed by atoms with Gasteiger partial charge in [-0.05, 0) is 44.9 Å². The molecule has 0 radical (unpaired) electrons. The number of hydrogen-bond acceptors (Lipinski definition) is 4. The van der Waals surface area contributed by atoms with Crippen molar-refractivity contribution in [2.24, 2.45) is 0 Å². The Hall–Kier alpha value is -3.15. The van der Waals surface area contributed by atoms with E-state index >= 15 is 0 Å². The van der Waals surface area contributed by atoms with Crippen molar-refractivity contribution in [3.8, 4) is 0 Å². The minimum absolute atomic E-state index is 0.0511. The lowest BCUT2D eigenvalue weighted by molar-refractivity contribution is -0.125. The Morgan fingerprint density at radius 1 is 1.10 bits per heavy atom. The van der Waals surface area contributed by atoms with Gasteiger partial charge in [-0.2, -0.15) is 0 Å². The highest BCUT2D eigenvalue weighted by Gasteiger charge is 2.27. The third-order valence-electron chi connectivity index (χ3n) is 4.99. The van der Waals surface area contributed by atoms with Gasteiger partial charge >= 0.3 is 5.97 Å². The summed E-state index contributed by atoms with van der Waals surface area (Å²) in [6.45, 7) is 8.18. The predicted molar refractivity (Wildman–Crippen MR) is 113 cm³/mol. The Morgan fingerprint density at radius 3 is 2.31 bits per heavy atom. The fraction of sp³-hybridized carbons (Fsp3) is 0.348. The van der Waals surface area contributed by atoms with Crippen LogP contribution >= 0.6 is 0 Å². The van der Waals surface area contributed by atoms with Gasteiger partial charge in [-0.15, -0.1) is 0 Å². The maximum absolute atomic E-state index is 13.0. The zero-order chi connectivity index (χ0) is 21.6. The van der Waals surface area contributed by atoms with Gasteiger partial charge in [-0.3, -0.25) is 9.59 Å². The maximum atomic E-state index is 13.0. The van der Waals surface area contributed by atoms with Gasteiger partial charge in [0.25, 0.3) is 0 Å². The lowest BCUT2D eigenvalue weighted by Crippen LogP contribution is -2.34. The zero-order valence-electron chi connectivity index (χ0n) is 17.7. The van der Waals surface area contributed by atoms with Gasteiger partial charge in [0.05, 0.1) is 13.7 Å². The Balaban J connectivity index is 2.25. The van der Waals surface area contributed by atoms with Gasteiger partial charge in [-0.1, -0.05) is 30.3 Å². The molecule has 154 valence electrons. The molecular weight excluding hydrogens is 368 g/mol. The zero-order valence-corrected chi connectivity index (χ0v) is 17.7. The number of carbonyl (C=O) groups is 3. The second-order valence-electron chi connectivity index (χ2n) is 6.69. The van der Waals surface area contributed by atoms with Crippen LogP contribution in [0.4, 0.5) is 0 Å². The Labute approximate surface area is 171 Å². The number of likely N-dealkylation sites (N-methyl/N-ethyl adjacent to an activating group) is 1. The number of nitrogens with zero attached hydrogens (tertiary/aromatic N) is 2. The molecule has 0 saturated carbocycles. The molecule has 0 aliphatic heterocycles. The van der Waals surface area contributed by atoms with Gasteiger partial charge in [0.2, 0.25) is 5.91 Å². The van der Waals surface area contributed by atoms with Crippen LogP contribution in [0, 0.1) is 13.8 Å². The van der Waals surface area contributed by atoms with Crippen molar-refractivity contribution in [3.63, 3.8) is 0 Å². The lowest BCUT2D eigenvalue weighted by atomic mass is 10.1. The number of benzene rings is 1. The number of amides is 1. The van der Waals surface area contributed by atoms with Crippen molar-refractivity contribution in [2.75, 3.05) is 20.2 Å². The third kappa shape index (κ3) is 4.83. The van der Waals surface area contributed by atoms with Crippen LogP contribution in [0.2, 0.25) is 0 Å². The minimum Gasteiger partial charge on any atom is -0.464 e. The number of Topliss-reactive ketones (excluding diaryl/α,β-unsaturated/α-hetero) is 1. The van der Waals surface area contributed by atoms with E-state index < -0.39 is 5.97 Å². The maximum Gasteiger partial charge on any atom is 0.354 e. The summed E-state index contributed by atoms with van der Waals surface area (Å²) < 4.78 is 6.66. The van der Waals surface area contributed by atoms with Crippen LogP contribution in [-0.2, 0) is 16.1 Å². The number of rotatable bonds is 8. The Kier molecular flexibility index (Phi) is 7.53. The summed E-state index contributed by atoms with van der Waals surface area (Å²) in [7, 11) is 1.32. The second-order valence-corrected chi connectivity index (χ2v) is 6.69. The smallest absolute Gasteiger partial charge is 0.354 e. The summed E-state index contributed by atoms with van der Waals surface area (Å²) >= 11 is 0. The quantitative estimate of drug-likeness (QED) is 0.388. The van der Waals surface area contributed by atoms with Crippen molar-refractivity contribution in [1.82, 2.24) is 9.47 Å². The summed E-state index contributed by atoms with van der Waals surface area (Å²) in [5.74, 6) is -0.899. The summed E-state index contributed by atoms with van der Waals surface area (Å²) in [4.78, 5) is 39.3. The lowest BCUT2D eigenvalue weighted by Gasteiger charge is -2.18. The largest absolute Gasteiger partial charge is 0.464 e. The normalized spacial score (nSPS) is 10.9. The molecular formula is C23H28N2O4. The van der Waals surface area contributed by atoms with Crippen molar-refractivity contribution in [3.05, 3.63) is 64.5 Å². The summed E-state index contributed by atoms with van der Waals surface area (Å²) in [6.07, 6.45) is 3.21. The van der Waals surface area contributed by atoms with E-state index in [9.17, 15) is 14.4 Å². The van der Waals surface area contributed by atoms with Crippen molar-refractivity contribution in [2.45, 2.75) is 34.2 Å². The fourth-order valence-corrected chi connectivity index (χ4v) is 3.50. The van der Waals surface area contributed by atoms with Gasteiger partial charge in [0.1, 0.15) is 5.69 Å². The number of hydrogen-bond donors (Lipinski definition) is 0. The highest BCUT2D eigenvalue weighted by atomic mass is 16.5. The molecule has 0 aliphatic carbocycles. The van der Waals surface area contributed by atoms with Gasteiger partial charge in [-0.25, -0.2) is 4.79 Å². The molecule has 0 fully saturated rings. The number of aromatic nitrogens is 1. The van der Waals surface area contributed by atoms with Crippen LogP contribution in [0.15, 0.2) is 36.4 Å². The van der Waals surface area contributed by atoms with E-state index in [2.05, 4.69) is 0 Å². The first-order valence-corrected chi connectivity index (χ1v) is 9.68. The van der Waals surface area contributed by atoms with Crippen LogP contribution in [0.3, 0.4) is 0 Å². The molecule has 1 aromatic heterocycles. The SMILES string of the molecule is CCN(CC(=O)c1c(C)c(C(=O)OC)n(CC)c1C)C(=O)/C=C/c1ccccc1. The van der Waals surface area contributed by atoms with Crippen LogP contribution in [-0.4, -0.2) is 47.3 Å². The Morgan fingerprint density at radius 2 is 1.76 bits per heavy atom. The first-order valence-electron chi connectivity index (χ1n) is 9.68. The van der Waals surface area contributed by atoms with Crippen LogP contribution in [0.25, 0.3) is 6.08 Å². The van der Waals surface area contributed by atoms with Crippen LogP contribution in [0.1, 0.15) is 51.5 Å². The third-order valence-corrected chi connectivity index (χ3v) is 4.99. The number of carbonyl (C=O) groups excluding carboxylic acids is 3. The van der Waals surface area contributed by atoms with Gasteiger partial charge in [0.15, 0.2) is 5.78 Å². The van der Waals surface area contributed by atoms with E-state index in [4.69, 9.17) is 4.74 Å². The molecule has 1 aromatic carbocycles. The first-order chi connectivity index (χ1) is 13.8. The van der Waals surface area contributed by atoms with Crippen molar-refractivity contribution in [1.29, 1.82) is 0 Å². The molecule has 0 spiro atoms. The summed E-state index contributed by atoms with van der Waals surface area (Å²) in [5.41, 5.74) is 3.07. The minimum atomic E-state index is -0.472. The van der Waals surface area contributed by atoms with Crippen molar-refractivity contribution >= 4 is 23.7 Å². The molecule has 1 heterocycles. The molecule has 6 nitrogen and oxygen atoms in total. The van der Waals surface area contributed by atoms with E-state index in [1.54, 1.807) is 17.6 Å². The fourth-order valence-electron chi connectivity index (χ4n) is 3.50. The number of esters is 1. The van der Waals surface area contributed by atoms with Gasteiger partial charge < -0.3 is 14.2 Å². The number of ether oxygens (including phenoxy) is 1. The monoisotopic (exact) mass is 396 g/mol.